The van der Waals surface area contributed by atoms with Crippen LogP contribution in [-0.2, 0) is 9.53 Å². The normalized spacial score (nSPS) is 30.8. The van der Waals surface area contributed by atoms with Gasteiger partial charge in [-0.15, -0.1) is 0 Å². The number of ether oxygens (including phenoxy) is 1. The average Bonchev–Trinajstić information content (AvgIpc) is 2.05. The highest BCUT2D eigenvalue weighted by Crippen LogP contribution is 2.27. The van der Waals surface area contributed by atoms with E-state index in [1.54, 1.807) is 6.07 Å². The molecule has 0 aromatic carbocycles. The maximum atomic E-state index is 10.6. The second-order valence-corrected chi connectivity index (χ2v) is 2.66. The SMILES string of the molecule is N#CC1(C(=O)O)CCCOC1. The van der Waals surface area contributed by atoms with Crippen LogP contribution < -0.4 is 0 Å². The van der Waals surface area contributed by atoms with Gasteiger partial charge in [0.2, 0.25) is 0 Å². The third-order valence-corrected chi connectivity index (χ3v) is 1.86. The molecular formula is C7H9NO3. The molecule has 0 aromatic heterocycles. The zero-order chi connectivity index (χ0) is 8.32. The van der Waals surface area contributed by atoms with Crippen molar-refractivity contribution in [1.82, 2.24) is 0 Å². The van der Waals surface area contributed by atoms with E-state index >= 15 is 0 Å². The first-order valence-corrected chi connectivity index (χ1v) is 3.44. The van der Waals surface area contributed by atoms with Crippen molar-refractivity contribution in [3.63, 3.8) is 0 Å². The van der Waals surface area contributed by atoms with E-state index in [0.717, 1.165) is 0 Å². The van der Waals surface area contributed by atoms with Gasteiger partial charge in [0.15, 0.2) is 5.41 Å². The summed E-state index contributed by atoms with van der Waals surface area (Å²) in [5.74, 6) is -1.07. The summed E-state index contributed by atoms with van der Waals surface area (Å²) in [6.45, 7) is 0.593. The van der Waals surface area contributed by atoms with E-state index in [0.29, 0.717) is 19.4 Å². The Bertz CT molecular complexity index is 200. The van der Waals surface area contributed by atoms with E-state index in [1.807, 2.05) is 0 Å². The van der Waals surface area contributed by atoms with Gasteiger partial charge in [-0.1, -0.05) is 0 Å². The molecule has 0 bridgehead atoms. The molecule has 1 unspecified atom stereocenters. The number of carboxylic acids is 1. The van der Waals surface area contributed by atoms with Gasteiger partial charge in [0.25, 0.3) is 0 Å². The predicted octanol–water partition coefficient (Wildman–Crippen LogP) is 0.391. The van der Waals surface area contributed by atoms with Crippen LogP contribution in [0.4, 0.5) is 0 Å². The van der Waals surface area contributed by atoms with Crippen molar-refractivity contribution in [1.29, 1.82) is 5.26 Å². The minimum atomic E-state index is -1.28. The monoisotopic (exact) mass is 155 g/mol. The fourth-order valence-corrected chi connectivity index (χ4v) is 1.10. The molecule has 11 heavy (non-hydrogen) atoms. The number of carboxylic acid groups (broad SMARTS) is 1. The molecule has 0 saturated carbocycles. The lowest BCUT2D eigenvalue weighted by Gasteiger charge is -2.25. The van der Waals surface area contributed by atoms with E-state index in [9.17, 15) is 4.79 Å². The Labute approximate surface area is 64.4 Å². The molecule has 1 atom stereocenters. The molecule has 0 aromatic rings. The van der Waals surface area contributed by atoms with E-state index in [-0.39, 0.29) is 6.61 Å². The molecule has 4 nitrogen and oxygen atoms in total. The highest BCUT2D eigenvalue weighted by Gasteiger charge is 2.40. The number of carbonyl (C=O) groups is 1. The highest BCUT2D eigenvalue weighted by molar-refractivity contribution is 5.78. The van der Waals surface area contributed by atoms with Crippen molar-refractivity contribution < 1.29 is 14.6 Å². The molecule has 1 aliphatic rings. The van der Waals surface area contributed by atoms with Crippen LogP contribution in [-0.4, -0.2) is 24.3 Å². The summed E-state index contributed by atoms with van der Waals surface area (Å²) in [4.78, 5) is 10.6. The lowest BCUT2D eigenvalue weighted by atomic mass is 9.84. The van der Waals surface area contributed by atoms with Crippen LogP contribution in [0.1, 0.15) is 12.8 Å². The summed E-state index contributed by atoms with van der Waals surface area (Å²) >= 11 is 0. The Kier molecular flexibility index (Phi) is 2.11. The van der Waals surface area contributed by atoms with Gasteiger partial charge >= 0.3 is 5.97 Å². The number of aliphatic carboxylic acids is 1. The molecule has 1 rings (SSSR count). The third-order valence-electron chi connectivity index (χ3n) is 1.86. The molecule has 4 heteroatoms. The topological polar surface area (TPSA) is 70.3 Å². The largest absolute Gasteiger partial charge is 0.480 e. The molecule has 0 spiro atoms. The van der Waals surface area contributed by atoms with Gasteiger partial charge in [-0.2, -0.15) is 5.26 Å². The molecule has 0 aliphatic carbocycles. The summed E-state index contributed by atoms with van der Waals surface area (Å²) < 4.78 is 4.93. The van der Waals surface area contributed by atoms with E-state index in [2.05, 4.69) is 0 Å². The summed E-state index contributed by atoms with van der Waals surface area (Å²) in [6.07, 6.45) is 1.05. The molecule has 0 radical (unpaired) electrons. The second kappa shape index (κ2) is 2.89. The maximum absolute atomic E-state index is 10.6. The first kappa shape index (κ1) is 8.02. The quantitative estimate of drug-likeness (QED) is 0.594. The van der Waals surface area contributed by atoms with E-state index in [4.69, 9.17) is 15.1 Å². The molecule has 0 amide bonds. The van der Waals surface area contributed by atoms with Crippen molar-refractivity contribution in [3.05, 3.63) is 0 Å². The Hall–Kier alpha value is -1.08. The second-order valence-electron chi connectivity index (χ2n) is 2.66. The lowest BCUT2D eigenvalue weighted by Crippen LogP contribution is -2.37. The zero-order valence-electron chi connectivity index (χ0n) is 6.04. The van der Waals surface area contributed by atoms with Crippen LogP contribution in [0, 0.1) is 16.7 Å². The van der Waals surface area contributed by atoms with Gasteiger partial charge in [0.1, 0.15) is 0 Å². The van der Waals surface area contributed by atoms with Crippen LogP contribution in [0.15, 0.2) is 0 Å². The van der Waals surface area contributed by atoms with Crippen molar-refractivity contribution in [2.75, 3.05) is 13.2 Å². The third kappa shape index (κ3) is 1.33. The molecular weight excluding hydrogens is 146 g/mol. The predicted molar refractivity (Wildman–Crippen MR) is 35.7 cm³/mol. The van der Waals surface area contributed by atoms with Crippen LogP contribution in [0.3, 0.4) is 0 Å². The summed E-state index contributed by atoms with van der Waals surface area (Å²) in [5.41, 5.74) is -1.28. The fraction of sp³-hybridized carbons (Fsp3) is 0.714. The first-order chi connectivity index (χ1) is 5.21. The van der Waals surface area contributed by atoms with Gasteiger partial charge in [-0.05, 0) is 12.8 Å². The van der Waals surface area contributed by atoms with Crippen molar-refractivity contribution >= 4 is 5.97 Å². The lowest BCUT2D eigenvalue weighted by molar-refractivity contribution is -0.151. The standard InChI is InChI=1S/C7H9NO3/c8-4-7(6(9)10)2-1-3-11-5-7/h1-3,5H2,(H,9,10). The highest BCUT2D eigenvalue weighted by atomic mass is 16.5. The van der Waals surface area contributed by atoms with Gasteiger partial charge < -0.3 is 9.84 Å². The molecule has 1 heterocycles. The Balaban J connectivity index is 2.75. The van der Waals surface area contributed by atoms with E-state index < -0.39 is 11.4 Å². The summed E-state index contributed by atoms with van der Waals surface area (Å²) in [7, 11) is 0. The average molecular weight is 155 g/mol. The van der Waals surface area contributed by atoms with Crippen LogP contribution >= 0.6 is 0 Å². The van der Waals surface area contributed by atoms with Crippen LogP contribution in [0.5, 0.6) is 0 Å². The number of hydrogen-bond donors (Lipinski definition) is 1. The number of nitrogens with zero attached hydrogens (tertiary/aromatic N) is 1. The van der Waals surface area contributed by atoms with Gasteiger partial charge in [-0.3, -0.25) is 4.79 Å². The molecule has 1 N–H and O–H groups in total. The smallest absolute Gasteiger partial charge is 0.326 e. The molecule has 1 saturated heterocycles. The van der Waals surface area contributed by atoms with Crippen molar-refractivity contribution in [2.24, 2.45) is 5.41 Å². The number of hydrogen-bond acceptors (Lipinski definition) is 3. The van der Waals surface area contributed by atoms with Crippen LogP contribution in [0.25, 0.3) is 0 Å². The molecule has 1 aliphatic heterocycles. The Morgan fingerprint density at radius 3 is 2.73 bits per heavy atom. The van der Waals surface area contributed by atoms with Gasteiger partial charge in [-0.25, -0.2) is 0 Å². The van der Waals surface area contributed by atoms with Crippen molar-refractivity contribution in [3.8, 4) is 6.07 Å². The van der Waals surface area contributed by atoms with Crippen molar-refractivity contribution in [2.45, 2.75) is 12.8 Å². The molecule has 1 fully saturated rings. The molecule has 60 valence electrons. The minimum absolute atomic E-state index is 0.0266. The maximum Gasteiger partial charge on any atom is 0.326 e. The van der Waals surface area contributed by atoms with Gasteiger partial charge in [0, 0.05) is 6.61 Å². The Morgan fingerprint density at radius 2 is 2.45 bits per heavy atom. The number of rotatable bonds is 1. The first-order valence-electron chi connectivity index (χ1n) is 3.44. The van der Waals surface area contributed by atoms with E-state index in [1.165, 1.54) is 0 Å². The summed E-state index contributed by atoms with van der Waals surface area (Å²) in [6, 6.07) is 1.79. The number of nitriles is 1. The van der Waals surface area contributed by atoms with Gasteiger partial charge in [0.05, 0.1) is 12.7 Å². The van der Waals surface area contributed by atoms with Crippen LogP contribution in [0.2, 0.25) is 0 Å². The fourth-order valence-electron chi connectivity index (χ4n) is 1.10. The minimum Gasteiger partial charge on any atom is -0.480 e. The zero-order valence-corrected chi connectivity index (χ0v) is 6.04. The summed E-state index contributed by atoms with van der Waals surface area (Å²) in [5, 5.41) is 17.3. The Morgan fingerprint density at radius 1 is 1.73 bits per heavy atom.